The van der Waals surface area contributed by atoms with Gasteiger partial charge >= 0.3 is 5.97 Å². The quantitative estimate of drug-likeness (QED) is 0.183. The Morgan fingerprint density at radius 2 is 1.68 bits per heavy atom. The van der Waals surface area contributed by atoms with Gasteiger partial charge in [0.1, 0.15) is 6.61 Å². The van der Waals surface area contributed by atoms with Crippen molar-refractivity contribution in [2.75, 3.05) is 0 Å². The molecule has 0 amide bonds. The van der Waals surface area contributed by atoms with E-state index in [2.05, 4.69) is 19.1 Å². The summed E-state index contributed by atoms with van der Waals surface area (Å²) in [6, 6.07) is 9.80. The molecule has 0 saturated carbocycles. The van der Waals surface area contributed by atoms with Gasteiger partial charge in [-0.25, -0.2) is 0 Å². The first-order valence-electron chi connectivity index (χ1n) is 11.2. The third-order valence-electron chi connectivity index (χ3n) is 4.96. The van der Waals surface area contributed by atoms with E-state index in [1.807, 2.05) is 30.3 Å². The number of aliphatic hydroxyl groups excluding tert-OH is 1. The van der Waals surface area contributed by atoms with Crippen LogP contribution in [0.3, 0.4) is 0 Å². The molecule has 1 aromatic carbocycles. The topological polar surface area (TPSA) is 46.5 Å². The molecular weight excluding hydrogens is 348 g/mol. The molecule has 0 aliphatic rings. The zero-order valence-electron chi connectivity index (χ0n) is 17.8. The Balaban J connectivity index is 1.87. The number of allylic oxidation sites excluding steroid dienone is 1. The largest absolute Gasteiger partial charge is 0.461 e. The first kappa shape index (κ1) is 24.4. The minimum atomic E-state index is -0.172. The Morgan fingerprint density at radius 3 is 2.46 bits per heavy atom. The molecule has 0 heterocycles. The lowest BCUT2D eigenvalue weighted by molar-refractivity contribution is -0.145. The van der Waals surface area contributed by atoms with Crippen molar-refractivity contribution in [3.63, 3.8) is 0 Å². The second-order valence-corrected chi connectivity index (χ2v) is 7.66. The first-order chi connectivity index (χ1) is 13.7. The Morgan fingerprint density at radius 1 is 0.964 bits per heavy atom. The predicted octanol–water partition coefficient (Wildman–Crippen LogP) is 6.74. The zero-order valence-corrected chi connectivity index (χ0v) is 17.8. The highest BCUT2D eigenvalue weighted by molar-refractivity contribution is 5.69. The molecule has 0 bridgehead atoms. The minimum Gasteiger partial charge on any atom is -0.461 e. The van der Waals surface area contributed by atoms with Gasteiger partial charge in [0.2, 0.25) is 0 Å². The molecular formula is C25H40O3. The van der Waals surface area contributed by atoms with Crippen molar-refractivity contribution < 1.29 is 14.6 Å². The van der Waals surface area contributed by atoms with E-state index >= 15 is 0 Å². The van der Waals surface area contributed by atoms with Crippen molar-refractivity contribution in [1.82, 2.24) is 0 Å². The maximum absolute atomic E-state index is 11.7. The number of esters is 1. The van der Waals surface area contributed by atoms with Gasteiger partial charge in [0.15, 0.2) is 0 Å². The lowest BCUT2D eigenvalue weighted by Crippen LogP contribution is -2.04. The minimum absolute atomic E-state index is 0.0972. The molecule has 0 fully saturated rings. The molecule has 0 aliphatic carbocycles. The summed E-state index contributed by atoms with van der Waals surface area (Å²) >= 11 is 0. The number of ether oxygens (including phenoxy) is 1. The highest BCUT2D eigenvalue weighted by atomic mass is 16.5. The molecule has 3 nitrogen and oxygen atoms in total. The molecule has 1 atom stereocenters. The smallest absolute Gasteiger partial charge is 0.306 e. The van der Waals surface area contributed by atoms with Gasteiger partial charge < -0.3 is 9.84 Å². The van der Waals surface area contributed by atoms with Crippen molar-refractivity contribution in [1.29, 1.82) is 0 Å². The fourth-order valence-electron chi connectivity index (χ4n) is 3.17. The second kappa shape index (κ2) is 17.5. The van der Waals surface area contributed by atoms with Crippen LogP contribution in [0.5, 0.6) is 0 Å². The number of hydrogen-bond acceptors (Lipinski definition) is 3. The van der Waals surface area contributed by atoms with Crippen molar-refractivity contribution >= 4 is 5.97 Å². The van der Waals surface area contributed by atoms with Gasteiger partial charge in [-0.2, -0.15) is 0 Å². The summed E-state index contributed by atoms with van der Waals surface area (Å²) in [6.07, 6.45) is 17.9. The van der Waals surface area contributed by atoms with Gasteiger partial charge in [-0.05, 0) is 37.7 Å². The average molecular weight is 389 g/mol. The van der Waals surface area contributed by atoms with Crippen molar-refractivity contribution in [3.05, 3.63) is 48.0 Å². The van der Waals surface area contributed by atoms with E-state index in [0.29, 0.717) is 13.0 Å². The molecule has 1 rings (SSSR count). The molecule has 0 radical (unpaired) electrons. The van der Waals surface area contributed by atoms with Gasteiger partial charge in [0, 0.05) is 6.42 Å². The molecule has 158 valence electrons. The average Bonchev–Trinajstić information content (AvgIpc) is 2.72. The maximum atomic E-state index is 11.7. The van der Waals surface area contributed by atoms with Crippen LogP contribution in [-0.4, -0.2) is 17.2 Å². The molecule has 0 aromatic heterocycles. The van der Waals surface area contributed by atoms with Crippen molar-refractivity contribution in [2.24, 2.45) is 0 Å². The summed E-state index contributed by atoms with van der Waals surface area (Å²) in [5.41, 5.74) is 1.04. The van der Waals surface area contributed by atoms with Crippen LogP contribution in [0.25, 0.3) is 0 Å². The van der Waals surface area contributed by atoms with Gasteiger partial charge in [-0.3, -0.25) is 4.79 Å². The van der Waals surface area contributed by atoms with E-state index in [-0.39, 0.29) is 12.1 Å². The number of carbonyl (C=O) groups is 1. The summed E-state index contributed by atoms with van der Waals surface area (Å²) in [6.45, 7) is 2.58. The van der Waals surface area contributed by atoms with Crippen LogP contribution in [0.15, 0.2) is 42.5 Å². The molecule has 0 spiro atoms. The van der Waals surface area contributed by atoms with E-state index in [9.17, 15) is 9.90 Å². The van der Waals surface area contributed by atoms with E-state index in [4.69, 9.17) is 4.74 Å². The number of carbonyl (C=O) groups excluding carboxylic acids is 1. The van der Waals surface area contributed by atoms with Gasteiger partial charge in [0.05, 0.1) is 6.10 Å². The van der Waals surface area contributed by atoms with Crippen LogP contribution < -0.4 is 0 Å². The lowest BCUT2D eigenvalue weighted by Gasteiger charge is -2.07. The maximum Gasteiger partial charge on any atom is 0.306 e. The summed E-state index contributed by atoms with van der Waals surface area (Å²) in [5.74, 6) is -0.0972. The molecule has 28 heavy (non-hydrogen) atoms. The molecule has 1 N–H and O–H groups in total. The van der Waals surface area contributed by atoms with Crippen LogP contribution >= 0.6 is 0 Å². The fourth-order valence-corrected chi connectivity index (χ4v) is 3.17. The number of benzene rings is 1. The summed E-state index contributed by atoms with van der Waals surface area (Å²) in [4.78, 5) is 11.7. The second-order valence-electron chi connectivity index (χ2n) is 7.66. The molecule has 1 aromatic rings. The van der Waals surface area contributed by atoms with Crippen LogP contribution in [0.4, 0.5) is 0 Å². The highest BCUT2D eigenvalue weighted by Gasteiger charge is 2.03. The number of unbranched alkanes of at least 4 members (excludes halogenated alkanes) is 8. The predicted molar refractivity (Wildman–Crippen MR) is 117 cm³/mol. The summed E-state index contributed by atoms with van der Waals surface area (Å²) < 4.78 is 5.29. The Bertz CT molecular complexity index is 510. The van der Waals surface area contributed by atoms with Crippen molar-refractivity contribution in [3.8, 4) is 0 Å². The van der Waals surface area contributed by atoms with Crippen LogP contribution in [-0.2, 0) is 16.1 Å². The third-order valence-corrected chi connectivity index (χ3v) is 4.96. The van der Waals surface area contributed by atoms with Crippen LogP contribution in [0, 0.1) is 0 Å². The number of aliphatic hydroxyl groups is 1. The summed E-state index contributed by atoms with van der Waals surface area (Å²) in [7, 11) is 0. The fraction of sp³-hybridized carbons (Fsp3) is 0.640. The Labute approximate surface area is 172 Å². The highest BCUT2D eigenvalue weighted by Crippen LogP contribution is 2.11. The number of hydrogen-bond donors (Lipinski definition) is 1. The SMILES string of the molecule is CCCCCC[C@@H](O)C/C=C\CCCCCCCC(=O)OCc1ccccc1. The molecule has 3 heteroatoms. The van der Waals surface area contributed by atoms with E-state index in [0.717, 1.165) is 44.1 Å². The number of rotatable bonds is 17. The first-order valence-corrected chi connectivity index (χ1v) is 11.2. The standard InChI is InChI=1S/C25H40O3/c1-2-3-4-14-19-24(26)20-15-9-7-5-6-8-10-16-21-25(27)28-22-23-17-12-11-13-18-23/h9,11-13,15,17-18,24,26H,2-8,10,14,16,19-22H2,1H3/b15-9-/t24-/m1/s1. The van der Waals surface area contributed by atoms with E-state index in [1.54, 1.807) is 0 Å². The van der Waals surface area contributed by atoms with E-state index < -0.39 is 0 Å². The normalized spacial score (nSPS) is 12.4. The van der Waals surface area contributed by atoms with Gasteiger partial charge in [-0.15, -0.1) is 0 Å². The molecule has 0 saturated heterocycles. The van der Waals surface area contributed by atoms with Crippen LogP contribution in [0.1, 0.15) is 96.0 Å². The summed E-state index contributed by atoms with van der Waals surface area (Å²) in [5, 5.41) is 9.91. The zero-order chi connectivity index (χ0) is 20.3. The lowest BCUT2D eigenvalue weighted by atomic mass is 10.1. The Kier molecular flexibility index (Phi) is 15.3. The Hall–Kier alpha value is -1.61. The van der Waals surface area contributed by atoms with Crippen molar-refractivity contribution in [2.45, 2.75) is 103 Å². The molecule has 0 aliphatic heterocycles. The third kappa shape index (κ3) is 14.4. The van der Waals surface area contributed by atoms with Gasteiger partial charge in [-0.1, -0.05) is 94.4 Å². The van der Waals surface area contributed by atoms with E-state index in [1.165, 1.54) is 38.5 Å². The van der Waals surface area contributed by atoms with Gasteiger partial charge in [0.25, 0.3) is 0 Å². The monoisotopic (exact) mass is 388 g/mol. The van der Waals surface area contributed by atoms with Crippen LogP contribution in [0.2, 0.25) is 0 Å². The molecule has 0 unspecified atom stereocenters.